The molecular weight excluding hydrogens is 370 g/mol. The fourth-order valence-corrected chi connectivity index (χ4v) is 4.46. The van der Waals surface area contributed by atoms with E-state index in [1.807, 2.05) is 7.11 Å². The van der Waals surface area contributed by atoms with E-state index in [0.29, 0.717) is 6.10 Å². The van der Waals surface area contributed by atoms with Crippen molar-refractivity contribution in [2.45, 2.75) is 46.6 Å². The maximum atomic E-state index is 6.39. The van der Waals surface area contributed by atoms with Crippen LogP contribution in [0.5, 0.6) is 0 Å². The number of hydrogen-bond donors (Lipinski definition) is 0. The van der Waals surface area contributed by atoms with E-state index in [1.54, 1.807) is 0 Å². The molecule has 5 heteroatoms. The number of piperidine rings is 1. The Kier molecular flexibility index (Phi) is 5.11. The number of aryl methyl sites for hydroxylation is 4. The van der Waals surface area contributed by atoms with Crippen molar-refractivity contribution in [3.05, 3.63) is 51.8 Å². The van der Waals surface area contributed by atoms with Gasteiger partial charge in [0.1, 0.15) is 5.65 Å². The molecule has 1 aromatic carbocycles. The second kappa shape index (κ2) is 7.41. The van der Waals surface area contributed by atoms with Crippen molar-refractivity contribution in [1.82, 2.24) is 9.55 Å². The number of anilines is 1. The number of rotatable bonds is 3. The van der Waals surface area contributed by atoms with Gasteiger partial charge in [0.15, 0.2) is 0 Å². The summed E-state index contributed by atoms with van der Waals surface area (Å²) in [6.07, 6.45) is 4.70. The normalized spacial score (nSPS) is 15.6. The van der Waals surface area contributed by atoms with E-state index in [-0.39, 0.29) is 0 Å². The highest BCUT2D eigenvalue weighted by atomic mass is 35.5. The molecule has 0 N–H and O–H groups in total. The number of pyridine rings is 1. The van der Waals surface area contributed by atoms with Crippen molar-refractivity contribution in [2.24, 2.45) is 0 Å². The lowest BCUT2D eigenvalue weighted by Gasteiger charge is -2.33. The van der Waals surface area contributed by atoms with Crippen molar-refractivity contribution in [1.29, 1.82) is 0 Å². The van der Waals surface area contributed by atoms with Gasteiger partial charge in [-0.15, -0.1) is 0 Å². The molecule has 148 valence electrons. The van der Waals surface area contributed by atoms with Gasteiger partial charge >= 0.3 is 0 Å². The topological polar surface area (TPSA) is 30.3 Å². The van der Waals surface area contributed by atoms with Gasteiger partial charge in [-0.25, -0.2) is 4.98 Å². The van der Waals surface area contributed by atoms with Crippen LogP contribution in [0.4, 0.5) is 5.69 Å². The lowest BCUT2D eigenvalue weighted by atomic mass is 10.1. The van der Waals surface area contributed by atoms with Gasteiger partial charge in [0.25, 0.3) is 0 Å². The number of methoxy groups -OCH3 is 1. The Morgan fingerprint density at radius 2 is 1.64 bits per heavy atom. The Balaban J connectivity index is 1.85. The van der Waals surface area contributed by atoms with Crippen molar-refractivity contribution < 1.29 is 4.74 Å². The summed E-state index contributed by atoms with van der Waals surface area (Å²) in [6.45, 7) is 10.4. The van der Waals surface area contributed by atoms with Gasteiger partial charge < -0.3 is 14.2 Å². The molecule has 2 aromatic heterocycles. The minimum atomic E-state index is 0.375. The fourth-order valence-electron chi connectivity index (χ4n) is 4.35. The average Bonchev–Trinajstić information content (AvgIpc) is 3.01. The van der Waals surface area contributed by atoms with Crippen LogP contribution in [0.3, 0.4) is 0 Å². The molecule has 4 rings (SSSR count). The highest BCUT2D eigenvalue weighted by Gasteiger charge is 2.23. The number of ether oxygens (including phenoxy) is 1. The molecule has 0 bridgehead atoms. The van der Waals surface area contributed by atoms with Gasteiger partial charge in [0.05, 0.1) is 6.10 Å². The summed E-state index contributed by atoms with van der Waals surface area (Å²) < 4.78 is 7.76. The zero-order chi connectivity index (χ0) is 20.0. The van der Waals surface area contributed by atoms with Gasteiger partial charge in [-0.3, -0.25) is 0 Å². The number of benzene rings is 1. The van der Waals surface area contributed by atoms with Crippen LogP contribution in [0.15, 0.2) is 24.4 Å². The third-order valence-electron chi connectivity index (χ3n) is 5.87. The standard InChI is InChI=1S/C23H28ClN3O/c1-14-10-18(11-15(2)22(14)24)27-13-16(3)21-20(12-17(4)25-23(21)27)26-8-6-19(28-5)7-9-26/h10-13,19H,6-9H2,1-5H3. The van der Waals surface area contributed by atoms with E-state index >= 15 is 0 Å². The third kappa shape index (κ3) is 3.29. The first-order chi connectivity index (χ1) is 13.4. The van der Waals surface area contributed by atoms with E-state index in [4.69, 9.17) is 21.3 Å². The Labute approximate surface area is 172 Å². The van der Waals surface area contributed by atoms with Crippen molar-refractivity contribution in [2.75, 3.05) is 25.1 Å². The fraction of sp³-hybridized carbons (Fsp3) is 0.435. The number of aromatic nitrogens is 2. The largest absolute Gasteiger partial charge is 0.381 e. The average molecular weight is 398 g/mol. The summed E-state index contributed by atoms with van der Waals surface area (Å²) in [4.78, 5) is 7.41. The molecule has 0 spiro atoms. The van der Waals surface area contributed by atoms with Crippen molar-refractivity contribution >= 4 is 28.3 Å². The molecule has 0 saturated carbocycles. The van der Waals surface area contributed by atoms with Crippen molar-refractivity contribution in [3.8, 4) is 5.69 Å². The summed E-state index contributed by atoms with van der Waals surface area (Å²) in [6, 6.07) is 6.51. The van der Waals surface area contributed by atoms with E-state index < -0.39 is 0 Å². The predicted molar refractivity (Wildman–Crippen MR) is 117 cm³/mol. The Bertz CT molecular complexity index is 1010. The van der Waals surface area contributed by atoms with Crippen LogP contribution in [-0.2, 0) is 4.74 Å². The molecule has 4 nitrogen and oxygen atoms in total. The molecule has 0 amide bonds. The first kappa shape index (κ1) is 19.3. The van der Waals surface area contributed by atoms with Crippen LogP contribution >= 0.6 is 11.6 Å². The van der Waals surface area contributed by atoms with Crippen LogP contribution in [0.2, 0.25) is 5.02 Å². The van der Waals surface area contributed by atoms with Crippen LogP contribution in [0, 0.1) is 27.7 Å². The van der Waals surface area contributed by atoms with E-state index in [1.165, 1.54) is 16.6 Å². The summed E-state index contributed by atoms with van der Waals surface area (Å²) in [7, 11) is 1.81. The van der Waals surface area contributed by atoms with E-state index in [0.717, 1.165) is 59.1 Å². The molecule has 0 aliphatic carbocycles. The zero-order valence-electron chi connectivity index (χ0n) is 17.3. The SMILES string of the molecule is COC1CCN(c2cc(C)nc3c2c(C)cn3-c2cc(C)c(Cl)c(C)c2)CC1. The van der Waals surface area contributed by atoms with Crippen LogP contribution in [0.1, 0.15) is 35.2 Å². The summed E-state index contributed by atoms with van der Waals surface area (Å²) in [5.41, 5.74) is 7.88. The second-order valence-corrected chi connectivity index (χ2v) is 8.36. The number of hydrogen-bond acceptors (Lipinski definition) is 3. The molecule has 3 aromatic rings. The first-order valence-corrected chi connectivity index (χ1v) is 10.3. The molecule has 0 radical (unpaired) electrons. The number of nitrogens with zero attached hydrogens (tertiary/aromatic N) is 3. The number of halogens is 1. The molecule has 1 saturated heterocycles. The monoisotopic (exact) mass is 397 g/mol. The molecular formula is C23H28ClN3O. The molecule has 0 unspecified atom stereocenters. The third-order valence-corrected chi connectivity index (χ3v) is 6.46. The Morgan fingerprint density at radius 3 is 2.25 bits per heavy atom. The molecule has 1 aliphatic heterocycles. The van der Waals surface area contributed by atoms with Crippen LogP contribution in [-0.4, -0.2) is 35.9 Å². The quantitative estimate of drug-likeness (QED) is 0.582. The lowest BCUT2D eigenvalue weighted by Crippen LogP contribution is -2.36. The minimum Gasteiger partial charge on any atom is -0.381 e. The van der Waals surface area contributed by atoms with E-state index in [9.17, 15) is 0 Å². The second-order valence-electron chi connectivity index (χ2n) is 7.98. The molecule has 1 aliphatic rings. The summed E-state index contributed by atoms with van der Waals surface area (Å²) >= 11 is 6.39. The van der Waals surface area contributed by atoms with Crippen molar-refractivity contribution in [3.63, 3.8) is 0 Å². The van der Waals surface area contributed by atoms with E-state index in [2.05, 4.69) is 61.6 Å². The molecule has 28 heavy (non-hydrogen) atoms. The Morgan fingerprint density at radius 1 is 1.00 bits per heavy atom. The van der Waals surface area contributed by atoms with Gasteiger partial charge in [-0.05, 0) is 75.4 Å². The highest BCUT2D eigenvalue weighted by molar-refractivity contribution is 6.32. The molecule has 0 atom stereocenters. The van der Waals surface area contributed by atoms with Gasteiger partial charge in [0.2, 0.25) is 0 Å². The minimum absolute atomic E-state index is 0.375. The summed E-state index contributed by atoms with van der Waals surface area (Å²) in [5.74, 6) is 0. The van der Waals surface area contributed by atoms with Gasteiger partial charge in [0, 0.05) is 53.9 Å². The summed E-state index contributed by atoms with van der Waals surface area (Å²) in [5, 5.41) is 2.08. The van der Waals surface area contributed by atoms with Gasteiger partial charge in [-0.2, -0.15) is 0 Å². The first-order valence-electron chi connectivity index (χ1n) is 9.93. The highest BCUT2D eigenvalue weighted by Crippen LogP contribution is 2.35. The molecule has 3 heterocycles. The van der Waals surface area contributed by atoms with Crippen LogP contribution in [0.25, 0.3) is 16.7 Å². The molecule has 1 fully saturated rings. The predicted octanol–water partition coefficient (Wildman–Crippen LogP) is 5.53. The lowest BCUT2D eigenvalue weighted by molar-refractivity contribution is 0.0819. The number of fused-ring (bicyclic) bond motifs is 1. The zero-order valence-corrected chi connectivity index (χ0v) is 18.1. The smallest absolute Gasteiger partial charge is 0.147 e. The van der Waals surface area contributed by atoms with Crippen LogP contribution < -0.4 is 4.90 Å². The maximum Gasteiger partial charge on any atom is 0.147 e. The maximum absolute atomic E-state index is 6.39. The van der Waals surface area contributed by atoms with Gasteiger partial charge in [-0.1, -0.05) is 11.6 Å². The Hall–Kier alpha value is -2.04.